The number of aliphatic hydroxyl groups is 1. The highest BCUT2D eigenvalue weighted by atomic mass is 32.2. The molecule has 0 saturated heterocycles. The number of hydrogen-bond acceptors (Lipinski definition) is 5. The van der Waals surface area contributed by atoms with Crippen molar-refractivity contribution in [2.75, 3.05) is 12.3 Å². The fraction of sp³-hybridized carbons (Fsp3) is 0.778. The van der Waals surface area contributed by atoms with Crippen LogP contribution in [-0.4, -0.2) is 44.3 Å². The van der Waals surface area contributed by atoms with Crippen molar-refractivity contribution in [3.05, 3.63) is 6.33 Å². The smallest absolute Gasteiger partial charge is 0.185 e. The maximum absolute atomic E-state index is 9.65. The molecule has 2 N–H and O–H groups in total. The van der Waals surface area contributed by atoms with Gasteiger partial charge in [0, 0.05) is 25.4 Å². The summed E-state index contributed by atoms with van der Waals surface area (Å²) in [6, 6.07) is 0.402. The van der Waals surface area contributed by atoms with E-state index in [0.717, 1.165) is 5.16 Å². The summed E-state index contributed by atoms with van der Waals surface area (Å²) in [5.41, 5.74) is 0. The number of thioether (sulfide) groups is 1. The molecule has 0 spiro atoms. The molecule has 1 heterocycles. The quantitative estimate of drug-likeness (QED) is 0.687. The van der Waals surface area contributed by atoms with Gasteiger partial charge in [0.05, 0.1) is 6.10 Å². The maximum atomic E-state index is 9.65. The molecule has 1 aromatic heterocycles. The SMILES string of the molecule is CC(C)NCC(O)CSc1ncnn1C. The maximum Gasteiger partial charge on any atom is 0.185 e. The standard InChI is InChI=1S/C9H18N4OS/c1-7(2)10-4-8(14)5-15-9-11-6-12-13(9)3/h6-8,10,14H,4-5H2,1-3H3. The molecule has 0 aromatic carbocycles. The van der Waals surface area contributed by atoms with E-state index in [4.69, 9.17) is 0 Å². The van der Waals surface area contributed by atoms with E-state index >= 15 is 0 Å². The fourth-order valence-corrected chi connectivity index (χ4v) is 1.83. The van der Waals surface area contributed by atoms with Gasteiger partial charge in [-0.2, -0.15) is 5.10 Å². The number of rotatable bonds is 6. The van der Waals surface area contributed by atoms with Crippen LogP contribution in [-0.2, 0) is 7.05 Å². The summed E-state index contributed by atoms with van der Waals surface area (Å²) in [5.74, 6) is 0.631. The van der Waals surface area contributed by atoms with Crippen LogP contribution in [0.5, 0.6) is 0 Å². The summed E-state index contributed by atoms with van der Waals surface area (Å²) < 4.78 is 1.70. The molecule has 1 unspecified atom stereocenters. The summed E-state index contributed by atoms with van der Waals surface area (Å²) in [6.45, 7) is 4.73. The monoisotopic (exact) mass is 230 g/mol. The van der Waals surface area contributed by atoms with E-state index in [1.807, 2.05) is 7.05 Å². The van der Waals surface area contributed by atoms with E-state index in [1.165, 1.54) is 18.1 Å². The van der Waals surface area contributed by atoms with Crippen molar-refractivity contribution >= 4 is 11.8 Å². The number of aliphatic hydroxyl groups excluding tert-OH is 1. The molecule has 86 valence electrons. The summed E-state index contributed by atoms with van der Waals surface area (Å²) in [5, 5.41) is 17.6. The predicted octanol–water partition coefficient (Wildman–Crippen LogP) is 0.266. The molecule has 1 rings (SSSR count). The van der Waals surface area contributed by atoms with Gasteiger partial charge in [0.25, 0.3) is 0 Å². The topological polar surface area (TPSA) is 63.0 Å². The van der Waals surface area contributed by atoms with E-state index in [0.29, 0.717) is 18.3 Å². The van der Waals surface area contributed by atoms with Crippen LogP contribution in [0.2, 0.25) is 0 Å². The Morgan fingerprint density at radius 2 is 2.33 bits per heavy atom. The minimum atomic E-state index is -0.353. The van der Waals surface area contributed by atoms with Crippen LogP contribution in [0.25, 0.3) is 0 Å². The van der Waals surface area contributed by atoms with Crippen molar-refractivity contribution < 1.29 is 5.11 Å². The van der Waals surface area contributed by atoms with Gasteiger partial charge in [-0.3, -0.25) is 0 Å². The third kappa shape index (κ3) is 4.63. The molecule has 0 aliphatic heterocycles. The van der Waals surface area contributed by atoms with Crippen LogP contribution in [0.1, 0.15) is 13.8 Å². The molecule has 6 heteroatoms. The lowest BCUT2D eigenvalue weighted by Gasteiger charge is -2.13. The summed E-state index contributed by atoms with van der Waals surface area (Å²) in [6.07, 6.45) is 1.16. The second kappa shape index (κ2) is 6.09. The first-order valence-electron chi connectivity index (χ1n) is 4.98. The third-order valence-electron chi connectivity index (χ3n) is 1.84. The highest BCUT2D eigenvalue weighted by molar-refractivity contribution is 7.99. The lowest BCUT2D eigenvalue weighted by Crippen LogP contribution is -2.33. The largest absolute Gasteiger partial charge is 0.391 e. The van der Waals surface area contributed by atoms with E-state index in [2.05, 4.69) is 29.2 Å². The Balaban J connectivity index is 2.22. The molecule has 0 radical (unpaired) electrons. The predicted molar refractivity (Wildman–Crippen MR) is 60.9 cm³/mol. The first-order chi connectivity index (χ1) is 7.09. The zero-order chi connectivity index (χ0) is 11.3. The number of nitrogens with zero attached hydrogens (tertiary/aromatic N) is 3. The molecule has 0 bridgehead atoms. The summed E-state index contributed by atoms with van der Waals surface area (Å²) in [4.78, 5) is 4.07. The van der Waals surface area contributed by atoms with Crippen molar-refractivity contribution in [2.24, 2.45) is 7.05 Å². The lowest BCUT2D eigenvalue weighted by atomic mass is 10.3. The number of aryl methyl sites for hydroxylation is 1. The summed E-state index contributed by atoms with van der Waals surface area (Å²) >= 11 is 1.51. The van der Waals surface area contributed by atoms with E-state index in [-0.39, 0.29) is 6.10 Å². The van der Waals surface area contributed by atoms with Gasteiger partial charge >= 0.3 is 0 Å². The average molecular weight is 230 g/mol. The molecule has 0 aliphatic rings. The van der Waals surface area contributed by atoms with Crippen molar-refractivity contribution in [1.82, 2.24) is 20.1 Å². The number of nitrogens with one attached hydrogen (secondary N) is 1. The Labute approximate surface area is 94.3 Å². The average Bonchev–Trinajstić information content (AvgIpc) is 2.58. The van der Waals surface area contributed by atoms with Gasteiger partial charge in [-0.05, 0) is 0 Å². The minimum absolute atomic E-state index is 0.353. The number of aromatic nitrogens is 3. The lowest BCUT2D eigenvalue weighted by molar-refractivity contribution is 0.192. The molecular formula is C9H18N4OS. The second-order valence-electron chi connectivity index (χ2n) is 3.69. The van der Waals surface area contributed by atoms with Crippen LogP contribution >= 0.6 is 11.8 Å². The van der Waals surface area contributed by atoms with Crippen LogP contribution in [0.3, 0.4) is 0 Å². The third-order valence-corrected chi connectivity index (χ3v) is 3.02. The Bertz CT molecular complexity index is 289. The molecule has 15 heavy (non-hydrogen) atoms. The van der Waals surface area contributed by atoms with E-state index < -0.39 is 0 Å². The molecule has 5 nitrogen and oxygen atoms in total. The molecule has 0 saturated carbocycles. The van der Waals surface area contributed by atoms with Crippen molar-refractivity contribution in [3.63, 3.8) is 0 Å². The van der Waals surface area contributed by atoms with Gasteiger partial charge < -0.3 is 10.4 Å². The molecule has 0 amide bonds. The zero-order valence-corrected chi connectivity index (χ0v) is 10.2. The van der Waals surface area contributed by atoms with Gasteiger partial charge in [-0.25, -0.2) is 9.67 Å². The molecule has 1 atom stereocenters. The first kappa shape index (κ1) is 12.5. The first-order valence-corrected chi connectivity index (χ1v) is 5.96. The molecule has 0 fully saturated rings. The van der Waals surface area contributed by atoms with Crippen LogP contribution < -0.4 is 5.32 Å². The Morgan fingerprint density at radius 3 is 2.87 bits per heavy atom. The molecule has 0 aliphatic carbocycles. The van der Waals surface area contributed by atoms with E-state index in [1.54, 1.807) is 4.68 Å². The zero-order valence-electron chi connectivity index (χ0n) is 9.34. The minimum Gasteiger partial charge on any atom is -0.391 e. The van der Waals surface area contributed by atoms with E-state index in [9.17, 15) is 5.11 Å². The Hall–Kier alpha value is -0.590. The van der Waals surface area contributed by atoms with Crippen molar-refractivity contribution in [3.8, 4) is 0 Å². The number of hydrogen-bond donors (Lipinski definition) is 2. The highest BCUT2D eigenvalue weighted by Gasteiger charge is 2.08. The van der Waals surface area contributed by atoms with Crippen LogP contribution in [0.15, 0.2) is 11.5 Å². The van der Waals surface area contributed by atoms with Gasteiger partial charge in [-0.1, -0.05) is 25.6 Å². The van der Waals surface area contributed by atoms with Crippen molar-refractivity contribution in [2.45, 2.75) is 31.1 Å². The van der Waals surface area contributed by atoms with Gasteiger partial charge in [0.15, 0.2) is 5.16 Å². The fourth-order valence-electron chi connectivity index (χ4n) is 1.02. The van der Waals surface area contributed by atoms with Crippen LogP contribution in [0, 0.1) is 0 Å². The normalized spacial score (nSPS) is 13.4. The Morgan fingerprint density at radius 1 is 1.60 bits per heavy atom. The van der Waals surface area contributed by atoms with Crippen molar-refractivity contribution in [1.29, 1.82) is 0 Å². The van der Waals surface area contributed by atoms with Gasteiger partial charge in [0.1, 0.15) is 6.33 Å². The van der Waals surface area contributed by atoms with Crippen LogP contribution in [0.4, 0.5) is 0 Å². The molecule has 1 aromatic rings. The second-order valence-corrected chi connectivity index (χ2v) is 4.68. The van der Waals surface area contributed by atoms with Gasteiger partial charge in [0.2, 0.25) is 0 Å². The Kier molecular flexibility index (Phi) is 5.07. The summed E-state index contributed by atoms with van der Waals surface area (Å²) in [7, 11) is 1.84. The van der Waals surface area contributed by atoms with Gasteiger partial charge in [-0.15, -0.1) is 0 Å². The highest BCUT2D eigenvalue weighted by Crippen LogP contribution is 2.13. The molecular weight excluding hydrogens is 212 g/mol.